The van der Waals surface area contributed by atoms with Crippen LogP contribution in [0.2, 0.25) is 0 Å². The Bertz CT molecular complexity index is 608. The summed E-state index contributed by atoms with van der Waals surface area (Å²) in [5, 5.41) is 7.37. The maximum absolute atomic E-state index is 11.8. The Morgan fingerprint density at radius 1 is 1.24 bits per heavy atom. The molecular formula is C15H17N3O2S. The second kappa shape index (κ2) is 6.90. The van der Waals surface area contributed by atoms with Gasteiger partial charge < -0.3 is 16.4 Å². The Hall–Kier alpha value is -2.34. The molecular weight excluding hydrogens is 286 g/mol. The quantitative estimate of drug-likeness (QED) is 0.738. The van der Waals surface area contributed by atoms with Crippen molar-refractivity contribution in [1.82, 2.24) is 10.6 Å². The molecule has 1 atom stereocenters. The standard InChI is InChI=1S/C15H17N3O2S/c1-10(13-3-2-8-21-13)18-14(19)9-17-15(20)11-4-6-12(16)7-5-11/h2-8,10H,9,16H2,1H3,(H,17,20)(H,18,19)/t10-/m1/s1. The third kappa shape index (κ3) is 4.32. The molecule has 0 fully saturated rings. The van der Waals surface area contributed by atoms with Crippen molar-refractivity contribution in [3.05, 3.63) is 52.2 Å². The molecule has 0 spiro atoms. The molecule has 1 aromatic heterocycles. The van der Waals surface area contributed by atoms with Crippen molar-refractivity contribution in [1.29, 1.82) is 0 Å². The minimum Gasteiger partial charge on any atom is -0.399 e. The zero-order valence-corrected chi connectivity index (χ0v) is 12.4. The highest BCUT2D eigenvalue weighted by Gasteiger charge is 2.12. The van der Waals surface area contributed by atoms with Crippen LogP contribution in [-0.2, 0) is 4.79 Å². The summed E-state index contributed by atoms with van der Waals surface area (Å²) in [6.45, 7) is 1.85. The molecule has 0 saturated carbocycles. The van der Waals surface area contributed by atoms with E-state index in [9.17, 15) is 9.59 Å². The third-order valence-electron chi connectivity index (χ3n) is 2.93. The largest absolute Gasteiger partial charge is 0.399 e. The molecule has 0 radical (unpaired) electrons. The van der Waals surface area contributed by atoms with Crippen LogP contribution in [0.5, 0.6) is 0 Å². The number of carbonyl (C=O) groups is 2. The van der Waals surface area contributed by atoms with Gasteiger partial charge in [-0.15, -0.1) is 11.3 Å². The van der Waals surface area contributed by atoms with Gasteiger partial charge in [0.25, 0.3) is 5.91 Å². The lowest BCUT2D eigenvalue weighted by molar-refractivity contribution is -0.120. The summed E-state index contributed by atoms with van der Waals surface area (Å²) in [7, 11) is 0. The Kier molecular flexibility index (Phi) is 4.94. The molecule has 0 saturated heterocycles. The van der Waals surface area contributed by atoms with E-state index in [4.69, 9.17) is 5.73 Å². The molecule has 0 bridgehead atoms. The number of benzene rings is 1. The van der Waals surface area contributed by atoms with Gasteiger partial charge in [0.2, 0.25) is 5.91 Å². The lowest BCUT2D eigenvalue weighted by Crippen LogP contribution is -2.37. The summed E-state index contributed by atoms with van der Waals surface area (Å²) in [6, 6.07) is 10.4. The van der Waals surface area contributed by atoms with Crippen LogP contribution in [0.15, 0.2) is 41.8 Å². The molecule has 0 aliphatic carbocycles. The van der Waals surface area contributed by atoms with E-state index in [2.05, 4.69) is 10.6 Å². The topological polar surface area (TPSA) is 84.2 Å². The summed E-state index contributed by atoms with van der Waals surface area (Å²) < 4.78 is 0. The maximum Gasteiger partial charge on any atom is 0.251 e. The highest BCUT2D eigenvalue weighted by Crippen LogP contribution is 2.17. The van der Waals surface area contributed by atoms with Gasteiger partial charge in [-0.05, 0) is 42.6 Å². The van der Waals surface area contributed by atoms with E-state index in [-0.39, 0.29) is 24.4 Å². The van der Waals surface area contributed by atoms with Crippen LogP contribution in [0.25, 0.3) is 0 Å². The van der Waals surface area contributed by atoms with Crippen molar-refractivity contribution in [3.8, 4) is 0 Å². The van der Waals surface area contributed by atoms with Crippen LogP contribution < -0.4 is 16.4 Å². The van der Waals surface area contributed by atoms with Gasteiger partial charge in [0.1, 0.15) is 0 Å². The van der Waals surface area contributed by atoms with Gasteiger partial charge >= 0.3 is 0 Å². The van der Waals surface area contributed by atoms with Crippen molar-refractivity contribution in [2.75, 3.05) is 12.3 Å². The lowest BCUT2D eigenvalue weighted by Gasteiger charge is -2.12. The van der Waals surface area contributed by atoms with Gasteiger partial charge in [-0.1, -0.05) is 6.07 Å². The maximum atomic E-state index is 11.8. The van der Waals surface area contributed by atoms with Gasteiger partial charge in [-0.3, -0.25) is 9.59 Å². The molecule has 1 heterocycles. The molecule has 1 aromatic carbocycles. The van der Waals surface area contributed by atoms with Gasteiger partial charge in [-0.25, -0.2) is 0 Å². The van der Waals surface area contributed by atoms with E-state index in [0.29, 0.717) is 11.3 Å². The fourth-order valence-corrected chi connectivity index (χ4v) is 2.53. The van der Waals surface area contributed by atoms with Crippen LogP contribution in [0.4, 0.5) is 5.69 Å². The van der Waals surface area contributed by atoms with Crippen LogP contribution in [0.1, 0.15) is 28.2 Å². The number of nitrogens with one attached hydrogen (secondary N) is 2. The van der Waals surface area contributed by atoms with E-state index >= 15 is 0 Å². The summed E-state index contributed by atoms with van der Waals surface area (Å²) in [4.78, 5) is 24.7. The van der Waals surface area contributed by atoms with E-state index in [0.717, 1.165) is 4.88 Å². The monoisotopic (exact) mass is 303 g/mol. The van der Waals surface area contributed by atoms with E-state index < -0.39 is 0 Å². The van der Waals surface area contributed by atoms with Crippen molar-refractivity contribution in [2.24, 2.45) is 0 Å². The normalized spacial score (nSPS) is 11.7. The average Bonchev–Trinajstić information content (AvgIpc) is 3.00. The van der Waals surface area contributed by atoms with Crippen molar-refractivity contribution < 1.29 is 9.59 Å². The smallest absolute Gasteiger partial charge is 0.251 e. The zero-order chi connectivity index (χ0) is 15.2. The Morgan fingerprint density at radius 3 is 2.57 bits per heavy atom. The van der Waals surface area contributed by atoms with Crippen LogP contribution in [0.3, 0.4) is 0 Å². The van der Waals surface area contributed by atoms with Crippen molar-refractivity contribution in [2.45, 2.75) is 13.0 Å². The van der Waals surface area contributed by atoms with Crippen molar-refractivity contribution in [3.63, 3.8) is 0 Å². The SMILES string of the molecule is C[C@@H](NC(=O)CNC(=O)c1ccc(N)cc1)c1cccs1. The van der Waals surface area contributed by atoms with Crippen molar-refractivity contribution >= 4 is 28.8 Å². The highest BCUT2D eigenvalue weighted by atomic mass is 32.1. The first-order valence-electron chi connectivity index (χ1n) is 6.53. The molecule has 2 rings (SSSR count). The number of nitrogen functional groups attached to an aromatic ring is 1. The predicted octanol–water partition coefficient (Wildman–Crippen LogP) is 1.94. The molecule has 0 aliphatic rings. The predicted molar refractivity (Wildman–Crippen MR) is 84.1 cm³/mol. The first kappa shape index (κ1) is 15.1. The minimum absolute atomic E-state index is 0.0566. The van der Waals surface area contributed by atoms with Crippen LogP contribution in [-0.4, -0.2) is 18.4 Å². The fraction of sp³-hybridized carbons (Fsp3) is 0.200. The molecule has 0 unspecified atom stereocenters. The average molecular weight is 303 g/mol. The van der Waals surface area contributed by atoms with E-state index in [1.54, 1.807) is 35.6 Å². The number of amides is 2. The molecule has 4 N–H and O–H groups in total. The fourth-order valence-electron chi connectivity index (χ4n) is 1.80. The molecule has 0 aliphatic heterocycles. The molecule has 5 nitrogen and oxygen atoms in total. The van der Waals surface area contributed by atoms with Crippen LogP contribution in [0, 0.1) is 0 Å². The zero-order valence-electron chi connectivity index (χ0n) is 11.6. The number of thiophene rings is 1. The number of hydrogen-bond acceptors (Lipinski definition) is 4. The van der Waals surface area contributed by atoms with E-state index in [1.165, 1.54) is 0 Å². The second-order valence-electron chi connectivity index (χ2n) is 4.61. The molecule has 6 heteroatoms. The molecule has 2 aromatic rings. The lowest BCUT2D eigenvalue weighted by atomic mass is 10.2. The van der Waals surface area contributed by atoms with Crippen LogP contribution >= 0.6 is 11.3 Å². The Balaban J connectivity index is 1.81. The number of carbonyl (C=O) groups excluding carboxylic acids is 2. The van der Waals surface area contributed by atoms with Gasteiger partial charge in [0, 0.05) is 16.1 Å². The van der Waals surface area contributed by atoms with Gasteiger partial charge in [-0.2, -0.15) is 0 Å². The first-order chi connectivity index (χ1) is 10.1. The van der Waals surface area contributed by atoms with E-state index in [1.807, 2.05) is 24.4 Å². The minimum atomic E-state index is -0.297. The molecule has 21 heavy (non-hydrogen) atoms. The summed E-state index contributed by atoms with van der Waals surface area (Å²) >= 11 is 1.58. The summed E-state index contributed by atoms with van der Waals surface area (Å²) in [6.07, 6.45) is 0. The Labute approximate surface area is 127 Å². The number of hydrogen-bond donors (Lipinski definition) is 3. The highest BCUT2D eigenvalue weighted by molar-refractivity contribution is 7.10. The molecule has 110 valence electrons. The second-order valence-corrected chi connectivity index (χ2v) is 5.59. The number of nitrogens with two attached hydrogens (primary N) is 1. The van der Waals surface area contributed by atoms with Gasteiger partial charge in [0.05, 0.1) is 12.6 Å². The van der Waals surface area contributed by atoms with Gasteiger partial charge in [0.15, 0.2) is 0 Å². The Morgan fingerprint density at radius 2 is 1.95 bits per heavy atom. The number of rotatable bonds is 5. The first-order valence-corrected chi connectivity index (χ1v) is 7.40. The molecule has 2 amide bonds. The summed E-state index contributed by atoms with van der Waals surface area (Å²) in [5.74, 6) is -0.520. The third-order valence-corrected chi connectivity index (χ3v) is 3.98. The summed E-state index contributed by atoms with van der Waals surface area (Å²) in [5.41, 5.74) is 6.62. The number of anilines is 1.